The van der Waals surface area contributed by atoms with E-state index in [1.165, 1.54) is 25.0 Å². The lowest BCUT2D eigenvalue weighted by molar-refractivity contribution is 0.119. The molecule has 0 unspecified atom stereocenters. The number of aliphatic hydroxyl groups excluding tert-OH is 1. The number of aliphatic hydroxyl groups is 1. The monoisotopic (exact) mass is 427 g/mol. The van der Waals surface area contributed by atoms with Crippen molar-refractivity contribution in [1.82, 2.24) is 14.7 Å². The highest BCUT2D eigenvalue weighted by Gasteiger charge is 2.28. The zero-order valence-corrected chi connectivity index (χ0v) is 17.8. The highest BCUT2D eigenvalue weighted by molar-refractivity contribution is 5.65. The molecule has 4 rings (SSSR count). The Morgan fingerprint density at radius 1 is 1.19 bits per heavy atom. The van der Waals surface area contributed by atoms with Crippen molar-refractivity contribution < 1.29 is 18.6 Å². The van der Waals surface area contributed by atoms with Crippen LogP contribution in [0, 0.1) is 17.6 Å². The Kier molecular flexibility index (Phi) is 6.34. The zero-order valence-electron chi connectivity index (χ0n) is 17.8. The van der Waals surface area contributed by atoms with Gasteiger partial charge in [0.15, 0.2) is 11.6 Å². The molecule has 1 aliphatic rings. The van der Waals surface area contributed by atoms with Crippen LogP contribution >= 0.6 is 0 Å². The first kappa shape index (κ1) is 21.5. The number of nitrogens with zero attached hydrogens (tertiary/aromatic N) is 3. The van der Waals surface area contributed by atoms with Crippen LogP contribution in [0.4, 0.5) is 8.78 Å². The van der Waals surface area contributed by atoms with Crippen LogP contribution < -0.4 is 4.74 Å². The van der Waals surface area contributed by atoms with Crippen LogP contribution in [0.2, 0.25) is 0 Å². The molecule has 2 aromatic carbocycles. The molecule has 0 bridgehead atoms. The predicted molar refractivity (Wildman–Crippen MR) is 115 cm³/mol. The van der Waals surface area contributed by atoms with Crippen molar-refractivity contribution >= 4 is 0 Å². The maximum Gasteiger partial charge on any atom is 0.222 e. The predicted octanol–water partition coefficient (Wildman–Crippen LogP) is 4.75. The van der Waals surface area contributed by atoms with Gasteiger partial charge in [-0.05, 0) is 37.8 Å². The Bertz CT molecular complexity index is 1030. The number of rotatable bonds is 9. The average molecular weight is 427 g/mol. The van der Waals surface area contributed by atoms with E-state index in [0.717, 1.165) is 29.4 Å². The Morgan fingerprint density at radius 3 is 2.58 bits per heavy atom. The summed E-state index contributed by atoms with van der Waals surface area (Å²) in [5.74, 6) is -0.459. The van der Waals surface area contributed by atoms with E-state index in [-0.39, 0.29) is 5.75 Å². The van der Waals surface area contributed by atoms with Gasteiger partial charge in [0.05, 0.1) is 11.7 Å². The molecule has 0 aliphatic heterocycles. The summed E-state index contributed by atoms with van der Waals surface area (Å²) in [6, 6.07) is 13.0. The summed E-state index contributed by atoms with van der Waals surface area (Å²) in [5, 5.41) is 14.7. The molecule has 0 radical (unpaired) electrons. The molecule has 1 N–H and O–H groups in total. The fourth-order valence-electron chi connectivity index (χ4n) is 3.78. The molecule has 1 fully saturated rings. The summed E-state index contributed by atoms with van der Waals surface area (Å²) in [7, 11) is 1.74. The molecule has 1 aromatic heterocycles. The average Bonchev–Trinajstić information content (AvgIpc) is 3.49. The number of ether oxygens (including phenoxy) is 1. The normalized spacial score (nSPS) is 14.8. The van der Waals surface area contributed by atoms with E-state index in [1.54, 1.807) is 18.7 Å². The van der Waals surface area contributed by atoms with E-state index in [9.17, 15) is 13.9 Å². The maximum atomic E-state index is 14.3. The molecule has 1 heterocycles. The van der Waals surface area contributed by atoms with Crippen LogP contribution in [0.1, 0.15) is 25.3 Å². The van der Waals surface area contributed by atoms with Gasteiger partial charge in [-0.3, -0.25) is 4.90 Å². The van der Waals surface area contributed by atoms with Gasteiger partial charge in [0, 0.05) is 38.3 Å². The second-order valence-corrected chi connectivity index (χ2v) is 8.29. The third-order valence-corrected chi connectivity index (χ3v) is 5.35. The lowest BCUT2D eigenvalue weighted by atomic mass is 10.1. The SMILES string of the molecule is C[C@@H](O)CN(Cc1c(-c2ccccc2)nn(C)c1Oc1ccc(F)cc1F)CC1CC1. The molecule has 1 saturated carbocycles. The molecular weight excluding hydrogens is 400 g/mol. The van der Waals surface area contributed by atoms with Crippen LogP contribution in [0.15, 0.2) is 48.5 Å². The minimum absolute atomic E-state index is 0.0606. The maximum absolute atomic E-state index is 14.3. The van der Waals surface area contributed by atoms with Gasteiger partial charge in [0.25, 0.3) is 0 Å². The zero-order chi connectivity index (χ0) is 22.0. The van der Waals surface area contributed by atoms with Crippen molar-refractivity contribution in [2.24, 2.45) is 13.0 Å². The van der Waals surface area contributed by atoms with Gasteiger partial charge >= 0.3 is 0 Å². The number of aryl methyl sites for hydroxylation is 1. The fraction of sp³-hybridized carbons (Fsp3) is 0.375. The van der Waals surface area contributed by atoms with Crippen molar-refractivity contribution in [3.8, 4) is 22.9 Å². The second-order valence-electron chi connectivity index (χ2n) is 8.29. The molecule has 31 heavy (non-hydrogen) atoms. The van der Waals surface area contributed by atoms with E-state index in [0.29, 0.717) is 24.9 Å². The van der Waals surface area contributed by atoms with E-state index in [4.69, 9.17) is 4.74 Å². The quantitative estimate of drug-likeness (QED) is 0.535. The van der Waals surface area contributed by atoms with Gasteiger partial charge in [-0.1, -0.05) is 30.3 Å². The smallest absolute Gasteiger partial charge is 0.222 e. The molecular formula is C24H27F2N3O2. The lowest BCUT2D eigenvalue weighted by Crippen LogP contribution is -2.32. The van der Waals surface area contributed by atoms with E-state index in [1.807, 2.05) is 30.3 Å². The molecule has 5 nitrogen and oxygen atoms in total. The van der Waals surface area contributed by atoms with Gasteiger partial charge in [0.1, 0.15) is 11.5 Å². The van der Waals surface area contributed by atoms with Gasteiger partial charge in [-0.2, -0.15) is 5.10 Å². The van der Waals surface area contributed by atoms with Crippen molar-refractivity contribution in [1.29, 1.82) is 0 Å². The standard InChI is InChI=1S/C24H27F2N3O2/c1-16(30)13-29(14-17-8-9-17)15-20-23(18-6-4-3-5-7-18)27-28(2)24(20)31-22-11-10-19(25)12-21(22)26/h3-7,10-12,16-17,30H,8-9,13-15H2,1-2H3/t16-/m1/s1. The van der Waals surface area contributed by atoms with Crippen molar-refractivity contribution in [3.05, 3.63) is 65.7 Å². The number of hydrogen-bond acceptors (Lipinski definition) is 4. The van der Waals surface area contributed by atoms with E-state index >= 15 is 0 Å². The minimum Gasteiger partial charge on any atom is -0.436 e. The van der Waals surface area contributed by atoms with Crippen molar-refractivity contribution in [3.63, 3.8) is 0 Å². The van der Waals surface area contributed by atoms with Crippen LogP contribution in [-0.4, -0.2) is 39.0 Å². The molecule has 0 spiro atoms. The van der Waals surface area contributed by atoms with Gasteiger partial charge in [-0.15, -0.1) is 0 Å². The number of halogens is 2. The first-order valence-electron chi connectivity index (χ1n) is 10.6. The number of benzene rings is 2. The van der Waals surface area contributed by atoms with E-state index in [2.05, 4.69) is 10.00 Å². The summed E-state index contributed by atoms with van der Waals surface area (Å²) in [5.41, 5.74) is 2.47. The minimum atomic E-state index is -0.771. The Morgan fingerprint density at radius 2 is 1.94 bits per heavy atom. The first-order valence-corrected chi connectivity index (χ1v) is 10.6. The van der Waals surface area contributed by atoms with Gasteiger partial charge in [-0.25, -0.2) is 13.5 Å². The largest absolute Gasteiger partial charge is 0.436 e. The van der Waals surface area contributed by atoms with Crippen molar-refractivity contribution in [2.75, 3.05) is 13.1 Å². The fourth-order valence-corrected chi connectivity index (χ4v) is 3.78. The van der Waals surface area contributed by atoms with Gasteiger partial charge < -0.3 is 9.84 Å². The lowest BCUT2D eigenvalue weighted by Gasteiger charge is -2.24. The Balaban J connectivity index is 1.73. The molecule has 0 amide bonds. The van der Waals surface area contributed by atoms with Crippen LogP contribution in [0.5, 0.6) is 11.6 Å². The second kappa shape index (κ2) is 9.16. The Hall–Kier alpha value is -2.77. The molecule has 1 atom stereocenters. The van der Waals surface area contributed by atoms with E-state index < -0.39 is 17.7 Å². The summed E-state index contributed by atoms with van der Waals surface area (Å²) in [6.45, 7) is 3.66. The third kappa shape index (κ3) is 5.29. The topological polar surface area (TPSA) is 50.5 Å². The molecule has 1 aliphatic carbocycles. The molecule has 0 saturated heterocycles. The van der Waals surface area contributed by atoms with Crippen LogP contribution in [0.25, 0.3) is 11.3 Å². The number of hydrogen-bond donors (Lipinski definition) is 1. The summed E-state index contributed by atoms with van der Waals surface area (Å²) in [6.07, 6.45) is 1.91. The highest BCUT2D eigenvalue weighted by Crippen LogP contribution is 2.36. The summed E-state index contributed by atoms with van der Waals surface area (Å²) < 4.78 is 35.2. The van der Waals surface area contributed by atoms with Crippen molar-refractivity contribution in [2.45, 2.75) is 32.4 Å². The summed E-state index contributed by atoms with van der Waals surface area (Å²) >= 11 is 0. The first-order chi connectivity index (χ1) is 14.9. The van der Waals surface area contributed by atoms with Gasteiger partial charge in [0.2, 0.25) is 5.88 Å². The number of aromatic nitrogens is 2. The van der Waals surface area contributed by atoms with Crippen LogP contribution in [0.3, 0.4) is 0 Å². The van der Waals surface area contributed by atoms with Crippen LogP contribution in [-0.2, 0) is 13.6 Å². The summed E-state index contributed by atoms with van der Waals surface area (Å²) in [4.78, 5) is 2.19. The molecule has 3 aromatic rings. The Labute approximate surface area is 180 Å². The third-order valence-electron chi connectivity index (χ3n) is 5.35. The highest BCUT2D eigenvalue weighted by atomic mass is 19.1. The molecule has 7 heteroatoms. The molecule has 164 valence electrons.